The molecule has 0 bridgehead atoms. The SMILES string of the molecule is COC(=N)c1ccc(OCc2ccc(CN(C)C)cc2)cc1. The predicted octanol–water partition coefficient (Wildman–Crippen LogP) is 3.30. The summed E-state index contributed by atoms with van der Waals surface area (Å²) >= 11 is 0. The lowest BCUT2D eigenvalue weighted by molar-refractivity contribution is 0.306. The van der Waals surface area contributed by atoms with Gasteiger partial charge in [-0.05, 0) is 49.5 Å². The Hall–Kier alpha value is -2.33. The van der Waals surface area contributed by atoms with E-state index in [1.807, 2.05) is 24.3 Å². The van der Waals surface area contributed by atoms with Crippen molar-refractivity contribution in [3.8, 4) is 5.75 Å². The quantitative estimate of drug-likeness (QED) is 0.657. The van der Waals surface area contributed by atoms with Crippen LogP contribution in [0.2, 0.25) is 0 Å². The van der Waals surface area contributed by atoms with Gasteiger partial charge in [0.2, 0.25) is 5.90 Å². The molecule has 0 aliphatic heterocycles. The third-order valence-corrected chi connectivity index (χ3v) is 3.25. The number of nitrogens with one attached hydrogen (secondary N) is 1. The highest BCUT2D eigenvalue weighted by Gasteiger charge is 2.02. The molecule has 0 fully saturated rings. The van der Waals surface area contributed by atoms with Gasteiger partial charge in [0.05, 0.1) is 7.11 Å². The maximum Gasteiger partial charge on any atom is 0.212 e. The van der Waals surface area contributed by atoms with Crippen molar-refractivity contribution in [3.63, 3.8) is 0 Å². The summed E-state index contributed by atoms with van der Waals surface area (Å²) in [5.41, 5.74) is 3.16. The van der Waals surface area contributed by atoms with E-state index < -0.39 is 0 Å². The first kappa shape index (κ1) is 16.0. The van der Waals surface area contributed by atoms with Crippen LogP contribution in [0.1, 0.15) is 16.7 Å². The van der Waals surface area contributed by atoms with E-state index in [4.69, 9.17) is 14.9 Å². The van der Waals surface area contributed by atoms with Crippen molar-refractivity contribution in [1.29, 1.82) is 5.41 Å². The van der Waals surface area contributed by atoms with Crippen LogP contribution in [0.25, 0.3) is 0 Å². The van der Waals surface area contributed by atoms with E-state index in [-0.39, 0.29) is 5.90 Å². The summed E-state index contributed by atoms with van der Waals surface area (Å²) in [5.74, 6) is 0.938. The second kappa shape index (κ2) is 7.61. The Labute approximate surface area is 131 Å². The molecule has 1 N–H and O–H groups in total. The molecular formula is C18H22N2O2. The van der Waals surface area contributed by atoms with Crippen LogP contribution in [0.3, 0.4) is 0 Å². The molecule has 0 aliphatic carbocycles. The van der Waals surface area contributed by atoms with Crippen molar-refractivity contribution in [2.45, 2.75) is 13.2 Å². The summed E-state index contributed by atoms with van der Waals surface area (Å²) in [6.07, 6.45) is 0. The highest BCUT2D eigenvalue weighted by molar-refractivity contribution is 5.91. The largest absolute Gasteiger partial charge is 0.489 e. The Bertz CT molecular complexity index is 604. The van der Waals surface area contributed by atoms with Crippen molar-refractivity contribution in [2.75, 3.05) is 21.2 Å². The highest BCUT2D eigenvalue weighted by atomic mass is 16.5. The minimum atomic E-state index is 0.156. The first-order valence-electron chi connectivity index (χ1n) is 7.17. The number of hydrogen-bond donors (Lipinski definition) is 1. The van der Waals surface area contributed by atoms with Gasteiger partial charge in [0, 0.05) is 12.1 Å². The summed E-state index contributed by atoms with van der Waals surface area (Å²) in [4.78, 5) is 2.14. The van der Waals surface area contributed by atoms with Crippen LogP contribution in [-0.2, 0) is 17.9 Å². The summed E-state index contributed by atoms with van der Waals surface area (Å²) in [5, 5.41) is 7.59. The van der Waals surface area contributed by atoms with Gasteiger partial charge in [0.1, 0.15) is 12.4 Å². The van der Waals surface area contributed by atoms with Gasteiger partial charge >= 0.3 is 0 Å². The number of methoxy groups -OCH3 is 1. The molecule has 0 aromatic heterocycles. The first-order chi connectivity index (χ1) is 10.6. The standard InChI is InChI=1S/C18H22N2O2/c1-20(2)12-14-4-6-15(7-5-14)13-22-17-10-8-16(9-11-17)18(19)21-3/h4-11,19H,12-13H2,1-3H3. The van der Waals surface area contributed by atoms with Crippen molar-refractivity contribution in [1.82, 2.24) is 4.90 Å². The van der Waals surface area contributed by atoms with Crippen LogP contribution in [0.15, 0.2) is 48.5 Å². The molecule has 0 atom stereocenters. The highest BCUT2D eigenvalue weighted by Crippen LogP contribution is 2.15. The molecule has 0 aliphatic rings. The molecule has 0 amide bonds. The van der Waals surface area contributed by atoms with Gasteiger partial charge in [-0.1, -0.05) is 24.3 Å². The number of nitrogens with zero attached hydrogens (tertiary/aromatic N) is 1. The smallest absolute Gasteiger partial charge is 0.212 e. The molecule has 2 aromatic carbocycles. The molecule has 0 heterocycles. The maximum atomic E-state index is 7.59. The fourth-order valence-corrected chi connectivity index (χ4v) is 2.09. The van der Waals surface area contributed by atoms with Crippen LogP contribution < -0.4 is 4.74 Å². The molecule has 0 unspecified atom stereocenters. The molecular weight excluding hydrogens is 276 g/mol. The van der Waals surface area contributed by atoms with Gasteiger partial charge in [0.15, 0.2) is 0 Å². The summed E-state index contributed by atoms with van der Waals surface area (Å²) < 4.78 is 10.6. The van der Waals surface area contributed by atoms with E-state index in [1.165, 1.54) is 12.7 Å². The normalized spacial score (nSPS) is 10.5. The fraction of sp³-hybridized carbons (Fsp3) is 0.278. The van der Waals surface area contributed by atoms with Crippen molar-refractivity contribution >= 4 is 5.90 Å². The Morgan fingerprint density at radius 1 is 0.955 bits per heavy atom. The Morgan fingerprint density at radius 3 is 2.09 bits per heavy atom. The van der Waals surface area contributed by atoms with E-state index in [9.17, 15) is 0 Å². The van der Waals surface area contributed by atoms with E-state index in [0.29, 0.717) is 6.61 Å². The first-order valence-corrected chi connectivity index (χ1v) is 7.17. The third-order valence-electron chi connectivity index (χ3n) is 3.25. The predicted molar refractivity (Wildman–Crippen MR) is 88.4 cm³/mol. The summed E-state index contributed by atoms with van der Waals surface area (Å²) in [7, 11) is 5.61. The lowest BCUT2D eigenvalue weighted by Crippen LogP contribution is -2.10. The van der Waals surface area contributed by atoms with Crippen molar-refractivity contribution in [3.05, 3.63) is 65.2 Å². The zero-order valence-electron chi connectivity index (χ0n) is 13.3. The Morgan fingerprint density at radius 2 is 1.55 bits per heavy atom. The molecule has 116 valence electrons. The van der Waals surface area contributed by atoms with Crippen LogP contribution in [0, 0.1) is 5.41 Å². The van der Waals surface area contributed by atoms with E-state index in [2.05, 4.69) is 43.3 Å². The maximum absolute atomic E-state index is 7.59. The molecule has 0 saturated carbocycles. The van der Waals surface area contributed by atoms with Gasteiger partial charge in [-0.25, -0.2) is 0 Å². The molecule has 0 radical (unpaired) electrons. The lowest BCUT2D eigenvalue weighted by Gasteiger charge is -2.11. The summed E-state index contributed by atoms with van der Waals surface area (Å²) in [6.45, 7) is 1.47. The van der Waals surface area contributed by atoms with Crippen LogP contribution >= 0.6 is 0 Å². The zero-order chi connectivity index (χ0) is 15.9. The average Bonchev–Trinajstić information content (AvgIpc) is 2.53. The van der Waals surface area contributed by atoms with Gasteiger partial charge in [-0.2, -0.15) is 0 Å². The van der Waals surface area contributed by atoms with E-state index >= 15 is 0 Å². The second-order valence-electron chi connectivity index (χ2n) is 5.40. The van der Waals surface area contributed by atoms with Crippen molar-refractivity contribution < 1.29 is 9.47 Å². The molecule has 22 heavy (non-hydrogen) atoms. The number of hydrogen-bond acceptors (Lipinski definition) is 4. The summed E-state index contributed by atoms with van der Waals surface area (Å²) in [6, 6.07) is 15.8. The lowest BCUT2D eigenvalue weighted by atomic mass is 10.1. The minimum Gasteiger partial charge on any atom is -0.489 e. The number of ether oxygens (including phenoxy) is 2. The van der Waals surface area contributed by atoms with E-state index in [1.54, 1.807) is 0 Å². The van der Waals surface area contributed by atoms with Gasteiger partial charge in [0.25, 0.3) is 0 Å². The topological polar surface area (TPSA) is 45.6 Å². The zero-order valence-corrected chi connectivity index (χ0v) is 13.3. The fourth-order valence-electron chi connectivity index (χ4n) is 2.09. The Kier molecular flexibility index (Phi) is 5.55. The van der Waals surface area contributed by atoms with Gasteiger partial charge < -0.3 is 14.4 Å². The molecule has 0 spiro atoms. The molecule has 2 aromatic rings. The molecule has 0 saturated heterocycles. The minimum absolute atomic E-state index is 0.156. The monoisotopic (exact) mass is 298 g/mol. The number of benzene rings is 2. The van der Waals surface area contributed by atoms with Crippen LogP contribution in [-0.4, -0.2) is 32.0 Å². The molecule has 2 rings (SSSR count). The third kappa shape index (κ3) is 4.60. The van der Waals surface area contributed by atoms with Crippen LogP contribution in [0.5, 0.6) is 5.75 Å². The second-order valence-corrected chi connectivity index (χ2v) is 5.40. The average molecular weight is 298 g/mol. The Balaban J connectivity index is 1.91. The van der Waals surface area contributed by atoms with Gasteiger partial charge in [-0.15, -0.1) is 0 Å². The van der Waals surface area contributed by atoms with E-state index in [0.717, 1.165) is 23.4 Å². The van der Waals surface area contributed by atoms with Crippen LogP contribution in [0.4, 0.5) is 0 Å². The molecule has 4 nitrogen and oxygen atoms in total. The van der Waals surface area contributed by atoms with Crippen molar-refractivity contribution in [2.24, 2.45) is 0 Å². The molecule has 4 heteroatoms. The van der Waals surface area contributed by atoms with Gasteiger partial charge in [-0.3, -0.25) is 5.41 Å². The number of rotatable bonds is 6.